The van der Waals surface area contributed by atoms with Crippen molar-refractivity contribution in [2.45, 2.75) is 65.4 Å². The number of carbonyl (C=O) groups excluding carboxylic acids is 1. The Morgan fingerprint density at radius 3 is 2.42 bits per heavy atom. The third-order valence-corrected chi connectivity index (χ3v) is 3.38. The number of ether oxygens (including phenoxy) is 1. The van der Waals surface area contributed by atoms with Crippen molar-refractivity contribution in [3.05, 3.63) is 12.2 Å². The average molecular weight is 270 g/mol. The van der Waals surface area contributed by atoms with Crippen LogP contribution in [0.3, 0.4) is 0 Å². The number of carbonyl (C=O) groups is 2. The molecule has 0 aromatic heterocycles. The van der Waals surface area contributed by atoms with Crippen LogP contribution in [0.1, 0.15) is 59.3 Å². The summed E-state index contributed by atoms with van der Waals surface area (Å²) in [6.45, 7) is 5.67. The molecule has 1 aliphatic heterocycles. The van der Waals surface area contributed by atoms with Crippen LogP contribution in [0.2, 0.25) is 0 Å². The molecule has 1 aliphatic rings. The Bertz CT molecular complexity index is 322. The maximum Gasteiger partial charge on any atom is 0.334 e. The first-order valence-electron chi connectivity index (χ1n) is 6.70. The molecule has 0 spiro atoms. The Kier molecular flexibility index (Phi) is 8.12. The van der Waals surface area contributed by atoms with Gasteiger partial charge in [-0.3, -0.25) is 4.79 Å². The molecule has 0 unspecified atom stereocenters. The summed E-state index contributed by atoms with van der Waals surface area (Å²) >= 11 is 0. The van der Waals surface area contributed by atoms with Crippen molar-refractivity contribution < 1.29 is 19.4 Å². The molecule has 0 radical (unpaired) electrons. The predicted molar refractivity (Wildman–Crippen MR) is 74.9 cm³/mol. The van der Waals surface area contributed by atoms with Crippen molar-refractivity contribution in [2.24, 2.45) is 5.92 Å². The van der Waals surface area contributed by atoms with Crippen LogP contribution in [0.25, 0.3) is 0 Å². The molecule has 110 valence electrons. The molecule has 1 N–H and O–H groups in total. The SMILES string of the molecule is C.C=C1C(=O)O[C@H](CCCCCCCC)[C@H]1C(=O)O. The molecular formula is C15H26O4. The van der Waals surface area contributed by atoms with Gasteiger partial charge in [0.15, 0.2) is 0 Å². The summed E-state index contributed by atoms with van der Waals surface area (Å²) in [5, 5.41) is 9.05. The Hall–Kier alpha value is -1.32. The van der Waals surface area contributed by atoms with Gasteiger partial charge >= 0.3 is 11.9 Å². The molecule has 1 rings (SSSR count). The third kappa shape index (κ3) is 5.05. The molecule has 19 heavy (non-hydrogen) atoms. The van der Waals surface area contributed by atoms with E-state index in [1.807, 2.05) is 0 Å². The predicted octanol–water partition coefficient (Wildman–Crippen LogP) is 3.56. The van der Waals surface area contributed by atoms with Gasteiger partial charge in [0.25, 0.3) is 0 Å². The molecule has 1 fully saturated rings. The van der Waals surface area contributed by atoms with E-state index in [9.17, 15) is 9.59 Å². The van der Waals surface area contributed by atoms with Crippen molar-refractivity contribution in [2.75, 3.05) is 0 Å². The maximum absolute atomic E-state index is 11.3. The lowest BCUT2D eigenvalue weighted by Crippen LogP contribution is -2.24. The topological polar surface area (TPSA) is 63.6 Å². The molecule has 1 heterocycles. The summed E-state index contributed by atoms with van der Waals surface area (Å²) in [6.07, 6.45) is 6.89. The first-order chi connectivity index (χ1) is 8.57. The van der Waals surface area contributed by atoms with Crippen molar-refractivity contribution in [1.82, 2.24) is 0 Å². The largest absolute Gasteiger partial charge is 0.481 e. The van der Waals surface area contributed by atoms with E-state index in [2.05, 4.69) is 13.5 Å². The fourth-order valence-corrected chi connectivity index (χ4v) is 2.29. The monoisotopic (exact) mass is 270 g/mol. The minimum atomic E-state index is -1.01. The van der Waals surface area contributed by atoms with E-state index in [4.69, 9.17) is 9.84 Å². The number of carboxylic acids is 1. The van der Waals surface area contributed by atoms with E-state index < -0.39 is 24.0 Å². The molecule has 4 heteroatoms. The fraction of sp³-hybridized carbons (Fsp3) is 0.733. The van der Waals surface area contributed by atoms with Crippen LogP contribution < -0.4 is 0 Å². The number of esters is 1. The van der Waals surface area contributed by atoms with Crippen LogP contribution in [-0.4, -0.2) is 23.1 Å². The van der Waals surface area contributed by atoms with Crippen molar-refractivity contribution in [3.8, 4) is 0 Å². The number of rotatable bonds is 8. The molecule has 2 atom stereocenters. The van der Waals surface area contributed by atoms with Gasteiger partial charge in [-0.2, -0.15) is 0 Å². The number of unbranched alkanes of at least 4 members (excludes halogenated alkanes) is 5. The minimum Gasteiger partial charge on any atom is -0.481 e. The summed E-state index contributed by atoms with van der Waals surface area (Å²) in [7, 11) is 0. The fourth-order valence-electron chi connectivity index (χ4n) is 2.29. The molecular weight excluding hydrogens is 244 g/mol. The van der Waals surface area contributed by atoms with Crippen LogP contribution >= 0.6 is 0 Å². The summed E-state index contributed by atoms with van der Waals surface area (Å²) in [6, 6.07) is 0. The molecule has 0 amide bonds. The van der Waals surface area contributed by atoms with Gasteiger partial charge in [-0.1, -0.05) is 53.0 Å². The molecule has 4 nitrogen and oxygen atoms in total. The van der Waals surface area contributed by atoms with Gasteiger partial charge in [0, 0.05) is 5.57 Å². The normalized spacial score (nSPS) is 21.9. The van der Waals surface area contributed by atoms with Crippen LogP contribution in [0, 0.1) is 5.92 Å². The zero-order valence-corrected chi connectivity index (χ0v) is 11.0. The first kappa shape index (κ1) is 17.7. The van der Waals surface area contributed by atoms with Gasteiger partial charge in [0.1, 0.15) is 12.0 Å². The standard InChI is InChI=1S/C14H22O4.CH4/c1-3-4-5-6-7-8-9-11-12(13(15)16)10(2)14(17)18-11;/h11-12H,2-9H2,1H3,(H,15,16);1H4/t11-,12+;/m1./s1. The maximum atomic E-state index is 11.3. The number of carboxylic acid groups (broad SMARTS) is 1. The van der Waals surface area contributed by atoms with E-state index in [-0.39, 0.29) is 13.0 Å². The lowest BCUT2D eigenvalue weighted by Gasteiger charge is -2.13. The summed E-state index contributed by atoms with van der Waals surface area (Å²) in [4.78, 5) is 22.3. The van der Waals surface area contributed by atoms with Gasteiger partial charge in [0.2, 0.25) is 0 Å². The molecule has 0 saturated carbocycles. The van der Waals surface area contributed by atoms with Crippen LogP contribution in [-0.2, 0) is 14.3 Å². The van der Waals surface area contributed by atoms with Gasteiger partial charge in [0.05, 0.1) is 0 Å². The quantitative estimate of drug-likeness (QED) is 0.416. The van der Waals surface area contributed by atoms with Crippen molar-refractivity contribution in [3.63, 3.8) is 0 Å². The van der Waals surface area contributed by atoms with Gasteiger partial charge in [-0.15, -0.1) is 0 Å². The van der Waals surface area contributed by atoms with Crippen LogP contribution in [0.15, 0.2) is 12.2 Å². The van der Waals surface area contributed by atoms with Crippen LogP contribution in [0.4, 0.5) is 0 Å². The highest BCUT2D eigenvalue weighted by molar-refractivity contribution is 5.97. The average Bonchev–Trinajstić information content (AvgIpc) is 2.59. The Morgan fingerprint density at radius 2 is 1.84 bits per heavy atom. The third-order valence-electron chi connectivity index (χ3n) is 3.38. The highest BCUT2D eigenvalue weighted by Crippen LogP contribution is 2.30. The lowest BCUT2D eigenvalue weighted by molar-refractivity contribution is -0.144. The highest BCUT2D eigenvalue weighted by Gasteiger charge is 2.42. The summed E-state index contributed by atoms with van der Waals surface area (Å²) in [5.41, 5.74) is 0.0819. The lowest BCUT2D eigenvalue weighted by atomic mass is 9.93. The molecule has 0 aromatic rings. The van der Waals surface area contributed by atoms with Crippen LogP contribution in [0.5, 0.6) is 0 Å². The van der Waals surface area contributed by atoms with E-state index in [0.717, 1.165) is 19.3 Å². The van der Waals surface area contributed by atoms with Crippen molar-refractivity contribution in [1.29, 1.82) is 0 Å². The Labute approximate surface area is 115 Å². The van der Waals surface area contributed by atoms with E-state index in [1.165, 1.54) is 19.3 Å². The molecule has 0 aromatic carbocycles. The zero-order valence-electron chi connectivity index (χ0n) is 11.0. The number of hydrogen-bond acceptors (Lipinski definition) is 3. The van der Waals surface area contributed by atoms with E-state index >= 15 is 0 Å². The first-order valence-corrected chi connectivity index (χ1v) is 6.70. The summed E-state index contributed by atoms with van der Waals surface area (Å²) < 4.78 is 5.06. The van der Waals surface area contributed by atoms with E-state index in [0.29, 0.717) is 6.42 Å². The van der Waals surface area contributed by atoms with Gasteiger partial charge < -0.3 is 9.84 Å². The highest BCUT2D eigenvalue weighted by atomic mass is 16.6. The minimum absolute atomic E-state index is 0. The second-order valence-electron chi connectivity index (χ2n) is 4.84. The Morgan fingerprint density at radius 1 is 1.26 bits per heavy atom. The second kappa shape index (κ2) is 8.73. The molecule has 1 saturated heterocycles. The number of hydrogen-bond donors (Lipinski definition) is 1. The number of cyclic esters (lactones) is 1. The smallest absolute Gasteiger partial charge is 0.334 e. The number of aliphatic carboxylic acids is 1. The Balaban J connectivity index is 0.00000324. The molecule has 0 bridgehead atoms. The summed E-state index contributed by atoms with van der Waals surface area (Å²) in [5.74, 6) is -2.42. The molecule has 0 aliphatic carbocycles. The zero-order chi connectivity index (χ0) is 13.5. The van der Waals surface area contributed by atoms with E-state index in [1.54, 1.807) is 0 Å². The van der Waals surface area contributed by atoms with Crippen molar-refractivity contribution >= 4 is 11.9 Å². The van der Waals surface area contributed by atoms with Gasteiger partial charge in [-0.25, -0.2) is 4.79 Å². The van der Waals surface area contributed by atoms with Gasteiger partial charge in [-0.05, 0) is 12.8 Å². The second-order valence-corrected chi connectivity index (χ2v) is 4.84.